The molecule has 0 aliphatic heterocycles. The summed E-state index contributed by atoms with van der Waals surface area (Å²) in [5.41, 5.74) is 15.1. The minimum atomic E-state index is -0.553. The van der Waals surface area contributed by atoms with Crippen LogP contribution < -0.4 is 16.8 Å². The molecule has 4 aromatic rings. The van der Waals surface area contributed by atoms with Crippen molar-refractivity contribution >= 4 is 33.9 Å². The Labute approximate surface area is 189 Å². The Morgan fingerprint density at radius 2 is 1.94 bits per heavy atom. The van der Waals surface area contributed by atoms with Crippen LogP contribution in [0.25, 0.3) is 21.9 Å². The van der Waals surface area contributed by atoms with Crippen molar-refractivity contribution in [1.29, 1.82) is 0 Å². The molecule has 3 heterocycles. The quantitative estimate of drug-likeness (QED) is 0.412. The van der Waals surface area contributed by atoms with E-state index in [0.717, 1.165) is 11.1 Å². The number of benzene rings is 1. The molecule has 0 bridgehead atoms. The van der Waals surface area contributed by atoms with Crippen LogP contribution in [0.4, 0.5) is 21.6 Å². The Morgan fingerprint density at radius 3 is 2.67 bits per heavy atom. The third-order valence-corrected chi connectivity index (χ3v) is 6.59. The lowest BCUT2D eigenvalue weighted by molar-refractivity contribution is -0.117. The molecule has 8 nitrogen and oxygen atoms in total. The number of aromatic nitrogens is 4. The summed E-state index contributed by atoms with van der Waals surface area (Å²) >= 11 is 0. The molecule has 3 aromatic heterocycles. The van der Waals surface area contributed by atoms with Crippen molar-refractivity contribution in [3.63, 3.8) is 0 Å². The molecular weight excluding hydrogens is 421 g/mol. The SMILES string of the molecule is Cc1c(N)cncc1-c1cc2cc(NC(=O)C3C(C)C3c3cnn(C)c3)ncc2c(N)c1F. The summed E-state index contributed by atoms with van der Waals surface area (Å²) < 4.78 is 16.8. The van der Waals surface area contributed by atoms with E-state index >= 15 is 4.39 Å². The monoisotopic (exact) mass is 445 g/mol. The summed E-state index contributed by atoms with van der Waals surface area (Å²) in [6, 6.07) is 3.38. The van der Waals surface area contributed by atoms with E-state index in [2.05, 4.69) is 20.4 Å². The van der Waals surface area contributed by atoms with E-state index in [0.29, 0.717) is 33.4 Å². The van der Waals surface area contributed by atoms with Gasteiger partial charge in [-0.1, -0.05) is 6.92 Å². The number of pyridine rings is 2. The molecule has 1 fully saturated rings. The minimum Gasteiger partial charge on any atom is -0.397 e. The predicted molar refractivity (Wildman–Crippen MR) is 126 cm³/mol. The van der Waals surface area contributed by atoms with Gasteiger partial charge in [0.2, 0.25) is 5.91 Å². The molecule has 168 valence electrons. The predicted octanol–water partition coefficient (Wildman–Crippen LogP) is 3.63. The summed E-state index contributed by atoms with van der Waals surface area (Å²) in [6.07, 6.45) is 8.30. The first-order valence-corrected chi connectivity index (χ1v) is 10.6. The Bertz CT molecular complexity index is 1410. The van der Waals surface area contributed by atoms with Gasteiger partial charge in [-0.15, -0.1) is 0 Å². The number of carbonyl (C=O) groups excluding carboxylic acids is 1. The van der Waals surface area contributed by atoms with E-state index in [1.165, 1.54) is 12.4 Å². The Morgan fingerprint density at radius 1 is 1.15 bits per heavy atom. The van der Waals surface area contributed by atoms with Crippen molar-refractivity contribution in [2.24, 2.45) is 18.9 Å². The zero-order chi connectivity index (χ0) is 23.4. The third-order valence-electron chi connectivity index (χ3n) is 6.59. The number of nitrogens with two attached hydrogens (primary N) is 2. The first-order valence-electron chi connectivity index (χ1n) is 10.6. The number of rotatable bonds is 4. The van der Waals surface area contributed by atoms with Crippen molar-refractivity contribution < 1.29 is 9.18 Å². The van der Waals surface area contributed by atoms with E-state index in [1.807, 2.05) is 20.2 Å². The fourth-order valence-electron chi connectivity index (χ4n) is 4.57. The van der Waals surface area contributed by atoms with E-state index < -0.39 is 5.82 Å². The molecule has 1 aromatic carbocycles. The molecule has 0 radical (unpaired) electrons. The van der Waals surface area contributed by atoms with E-state index in [4.69, 9.17) is 11.5 Å². The molecule has 3 atom stereocenters. The number of hydrogen-bond donors (Lipinski definition) is 3. The highest BCUT2D eigenvalue weighted by atomic mass is 19.1. The second kappa shape index (κ2) is 7.54. The van der Waals surface area contributed by atoms with Crippen LogP contribution in [0.3, 0.4) is 0 Å². The molecule has 0 saturated heterocycles. The highest BCUT2D eigenvalue weighted by molar-refractivity contribution is 6.01. The van der Waals surface area contributed by atoms with Gasteiger partial charge in [0, 0.05) is 54.0 Å². The number of nitrogens with one attached hydrogen (secondary N) is 1. The van der Waals surface area contributed by atoms with Gasteiger partial charge in [0.15, 0.2) is 5.82 Å². The lowest BCUT2D eigenvalue weighted by Crippen LogP contribution is -2.16. The number of aryl methyl sites for hydroxylation is 1. The summed E-state index contributed by atoms with van der Waals surface area (Å²) in [5, 5.41) is 8.23. The first kappa shape index (κ1) is 20.9. The molecule has 5 N–H and O–H groups in total. The fourth-order valence-corrected chi connectivity index (χ4v) is 4.57. The van der Waals surface area contributed by atoms with E-state index in [-0.39, 0.29) is 29.3 Å². The summed E-state index contributed by atoms with van der Waals surface area (Å²) in [6.45, 7) is 3.85. The Hall–Kier alpha value is -4.01. The molecule has 9 heteroatoms. The standard InChI is InChI=1S/C24H24FN7O/c1-11-16(7-28-9-18(11)26)15-4-13-5-19(29-8-17(13)23(27)22(15)25)31-24(33)21-12(2)20(21)14-6-30-32(3)10-14/h4-10,12,20-21H,26-27H2,1-3H3,(H,29,31,33). The Kier molecular flexibility index (Phi) is 4.77. The zero-order valence-corrected chi connectivity index (χ0v) is 18.5. The van der Waals surface area contributed by atoms with Crippen LogP contribution in [0.5, 0.6) is 0 Å². The van der Waals surface area contributed by atoms with Crippen molar-refractivity contribution in [1.82, 2.24) is 19.7 Å². The van der Waals surface area contributed by atoms with E-state index in [1.54, 1.807) is 36.1 Å². The molecule has 1 amide bonds. The van der Waals surface area contributed by atoms with Crippen LogP contribution in [-0.4, -0.2) is 25.7 Å². The molecule has 5 rings (SSSR count). The first-order chi connectivity index (χ1) is 15.8. The van der Waals surface area contributed by atoms with Gasteiger partial charge >= 0.3 is 0 Å². The number of amides is 1. The topological polar surface area (TPSA) is 125 Å². The third kappa shape index (κ3) is 3.45. The van der Waals surface area contributed by atoms with Gasteiger partial charge in [0.05, 0.1) is 23.8 Å². The number of hydrogen-bond acceptors (Lipinski definition) is 6. The highest BCUT2D eigenvalue weighted by Gasteiger charge is 2.52. The number of anilines is 3. The van der Waals surface area contributed by atoms with Crippen molar-refractivity contribution in [2.75, 3.05) is 16.8 Å². The van der Waals surface area contributed by atoms with Crippen LogP contribution in [0.1, 0.15) is 24.0 Å². The largest absolute Gasteiger partial charge is 0.397 e. The number of carbonyl (C=O) groups is 1. The second-order valence-electron chi connectivity index (χ2n) is 8.69. The van der Waals surface area contributed by atoms with Gasteiger partial charge in [-0.05, 0) is 41.5 Å². The molecule has 3 unspecified atom stereocenters. The number of nitrogens with zero attached hydrogens (tertiary/aromatic N) is 4. The molecule has 1 aliphatic rings. The van der Waals surface area contributed by atoms with Crippen LogP contribution >= 0.6 is 0 Å². The lowest BCUT2D eigenvalue weighted by atomic mass is 9.97. The fraction of sp³-hybridized carbons (Fsp3) is 0.250. The van der Waals surface area contributed by atoms with Gasteiger partial charge in [0.1, 0.15) is 5.82 Å². The maximum atomic E-state index is 15.1. The molecule has 1 aliphatic carbocycles. The van der Waals surface area contributed by atoms with Crippen LogP contribution in [0, 0.1) is 24.6 Å². The number of halogens is 1. The van der Waals surface area contributed by atoms with Crippen molar-refractivity contribution in [3.05, 3.63) is 60.1 Å². The molecule has 33 heavy (non-hydrogen) atoms. The van der Waals surface area contributed by atoms with Crippen LogP contribution in [0.2, 0.25) is 0 Å². The maximum Gasteiger partial charge on any atom is 0.229 e. The van der Waals surface area contributed by atoms with Crippen LogP contribution in [-0.2, 0) is 11.8 Å². The number of nitrogen functional groups attached to an aromatic ring is 2. The number of fused-ring (bicyclic) bond motifs is 1. The molecular formula is C24H24FN7O. The summed E-state index contributed by atoms with van der Waals surface area (Å²) in [4.78, 5) is 21.3. The minimum absolute atomic E-state index is 0.0119. The lowest BCUT2D eigenvalue weighted by Gasteiger charge is -2.13. The van der Waals surface area contributed by atoms with Gasteiger partial charge in [-0.2, -0.15) is 5.10 Å². The average Bonchev–Trinajstić information content (AvgIpc) is 3.27. The smallest absolute Gasteiger partial charge is 0.229 e. The van der Waals surface area contributed by atoms with Gasteiger partial charge in [-0.3, -0.25) is 14.5 Å². The summed E-state index contributed by atoms with van der Waals surface area (Å²) in [5.74, 6) is -0.0749. The second-order valence-corrected chi connectivity index (χ2v) is 8.69. The molecule has 0 spiro atoms. The highest BCUT2D eigenvalue weighted by Crippen LogP contribution is 2.54. The molecule has 1 saturated carbocycles. The maximum absolute atomic E-state index is 15.1. The van der Waals surface area contributed by atoms with E-state index in [9.17, 15) is 4.79 Å². The van der Waals surface area contributed by atoms with Crippen molar-refractivity contribution in [2.45, 2.75) is 19.8 Å². The van der Waals surface area contributed by atoms with Gasteiger partial charge < -0.3 is 16.8 Å². The van der Waals surface area contributed by atoms with Gasteiger partial charge in [-0.25, -0.2) is 9.37 Å². The van der Waals surface area contributed by atoms with Crippen molar-refractivity contribution in [3.8, 4) is 11.1 Å². The Balaban J connectivity index is 1.46. The zero-order valence-electron chi connectivity index (χ0n) is 18.5. The van der Waals surface area contributed by atoms with Gasteiger partial charge in [0.25, 0.3) is 0 Å². The van der Waals surface area contributed by atoms with Crippen LogP contribution in [0.15, 0.2) is 43.1 Å². The normalized spacial score (nSPS) is 19.6. The average molecular weight is 446 g/mol. The summed E-state index contributed by atoms with van der Waals surface area (Å²) in [7, 11) is 1.86.